The van der Waals surface area contributed by atoms with E-state index in [0.29, 0.717) is 4.80 Å². The number of aryl methyl sites for hydroxylation is 1. The monoisotopic (exact) mass is 260 g/mol. The van der Waals surface area contributed by atoms with Crippen LogP contribution in [0.1, 0.15) is 0 Å². The van der Waals surface area contributed by atoms with E-state index < -0.39 is 6.03 Å². The average molecular weight is 260 g/mol. The lowest BCUT2D eigenvalue weighted by atomic mass is 10.3. The van der Waals surface area contributed by atoms with Gasteiger partial charge >= 0.3 is 6.03 Å². The van der Waals surface area contributed by atoms with Crippen LogP contribution >= 0.6 is 11.3 Å². The molecule has 2 rings (SSSR count). The molecule has 0 radical (unpaired) electrons. The van der Waals surface area contributed by atoms with Gasteiger partial charge in [0.05, 0.1) is 16.8 Å². The molecule has 0 aliphatic carbocycles. The number of rotatable bonds is 2. The summed E-state index contributed by atoms with van der Waals surface area (Å²) in [6.07, 6.45) is 5.03. The Kier molecular flexibility index (Phi) is 3.65. The van der Waals surface area contributed by atoms with E-state index in [-0.39, 0.29) is 6.54 Å². The van der Waals surface area contributed by atoms with Gasteiger partial charge in [0, 0.05) is 7.05 Å². The smallest absolute Gasteiger partial charge is 0.326 e. The largest absolute Gasteiger partial charge is 0.336 e. The lowest BCUT2D eigenvalue weighted by Gasteiger charge is -1.98. The fourth-order valence-corrected chi connectivity index (χ4v) is 2.44. The van der Waals surface area contributed by atoms with Gasteiger partial charge in [-0.15, -0.1) is 11.5 Å². The number of nitrogens with one attached hydrogen (secondary N) is 2. The molecule has 2 amide bonds. The van der Waals surface area contributed by atoms with E-state index in [1.54, 1.807) is 0 Å². The molecule has 6 heteroatoms. The molecule has 0 spiro atoms. The molecule has 0 atom stereocenters. The van der Waals surface area contributed by atoms with Crippen LogP contribution in [0.3, 0.4) is 0 Å². The van der Waals surface area contributed by atoms with Crippen molar-refractivity contribution < 1.29 is 4.79 Å². The zero-order valence-electron chi connectivity index (χ0n) is 9.80. The summed E-state index contributed by atoms with van der Waals surface area (Å²) in [6.45, 7) is 0.180. The summed E-state index contributed by atoms with van der Waals surface area (Å²) < 4.78 is 3.03. The quantitative estimate of drug-likeness (QED) is 0.614. The van der Waals surface area contributed by atoms with E-state index in [9.17, 15) is 4.79 Å². The third kappa shape index (κ3) is 2.52. The molecule has 2 aromatic rings. The summed E-state index contributed by atoms with van der Waals surface area (Å²) in [6, 6.07) is 7.54. The third-order valence-corrected chi connectivity index (χ3v) is 3.43. The highest BCUT2D eigenvalue weighted by Gasteiger charge is 2.01. The molecular formula is C12H12N4OS. The second kappa shape index (κ2) is 5.38. The van der Waals surface area contributed by atoms with E-state index in [1.807, 2.05) is 35.9 Å². The Hall–Kier alpha value is -2.26. The van der Waals surface area contributed by atoms with Gasteiger partial charge in [-0.05, 0) is 12.1 Å². The number of carbonyl (C=O) groups is 1. The van der Waals surface area contributed by atoms with Gasteiger partial charge in [0.1, 0.15) is 0 Å². The van der Waals surface area contributed by atoms with E-state index in [0.717, 1.165) is 10.2 Å². The molecule has 1 heterocycles. The fourth-order valence-electron chi connectivity index (χ4n) is 1.46. The average Bonchev–Trinajstić information content (AvgIpc) is 2.71. The van der Waals surface area contributed by atoms with Crippen LogP contribution in [0, 0.1) is 12.3 Å². The van der Waals surface area contributed by atoms with E-state index >= 15 is 0 Å². The van der Waals surface area contributed by atoms with E-state index in [2.05, 4.69) is 21.8 Å². The Bertz CT molecular complexity index is 677. The summed E-state index contributed by atoms with van der Waals surface area (Å²) in [5.74, 6) is 2.31. The highest BCUT2D eigenvalue weighted by molar-refractivity contribution is 7.16. The zero-order valence-corrected chi connectivity index (χ0v) is 10.6. The highest BCUT2D eigenvalue weighted by Crippen LogP contribution is 2.14. The van der Waals surface area contributed by atoms with Gasteiger partial charge in [-0.1, -0.05) is 29.4 Å². The first kappa shape index (κ1) is 12.2. The van der Waals surface area contributed by atoms with Crippen LogP contribution in [-0.4, -0.2) is 17.1 Å². The van der Waals surface area contributed by atoms with Crippen molar-refractivity contribution in [3.8, 4) is 12.3 Å². The minimum Gasteiger partial charge on any atom is -0.326 e. The molecule has 0 bridgehead atoms. The van der Waals surface area contributed by atoms with Crippen LogP contribution in [0.4, 0.5) is 4.79 Å². The predicted molar refractivity (Wildman–Crippen MR) is 71.7 cm³/mol. The van der Waals surface area contributed by atoms with Crippen molar-refractivity contribution in [1.82, 2.24) is 15.3 Å². The minimum absolute atomic E-state index is 0.180. The molecule has 0 fully saturated rings. The number of carbonyl (C=O) groups excluding carboxylic acids is 1. The SMILES string of the molecule is C#CCNC(=O)NN=c1sc2ccccc2n1C. The van der Waals surface area contributed by atoms with Crippen LogP contribution in [0.2, 0.25) is 0 Å². The van der Waals surface area contributed by atoms with Gasteiger partial charge in [-0.25, -0.2) is 10.2 Å². The normalized spacial score (nSPS) is 11.2. The fraction of sp³-hybridized carbons (Fsp3) is 0.167. The first-order chi connectivity index (χ1) is 8.72. The van der Waals surface area contributed by atoms with Crippen LogP contribution in [0.5, 0.6) is 0 Å². The highest BCUT2D eigenvalue weighted by atomic mass is 32.1. The summed E-state index contributed by atoms with van der Waals surface area (Å²) in [7, 11) is 1.90. The van der Waals surface area contributed by atoms with Crippen molar-refractivity contribution >= 4 is 27.6 Å². The summed E-state index contributed by atoms with van der Waals surface area (Å²) >= 11 is 1.50. The van der Waals surface area contributed by atoms with Gasteiger partial charge in [-0.3, -0.25) is 0 Å². The molecule has 92 valence electrons. The van der Waals surface area contributed by atoms with Crippen molar-refractivity contribution in [3.05, 3.63) is 29.1 Å². The van der Waals surface area contributed by atoms with Gasteiger partial charge in [-0.2, -0.15) is 0 Å². The lowest BCUT2D eigenvalue weighted by molar-refractivity contribution is 0.242. The molecule has 0 unspecified atom stereocenters. The standard InChI is InChI=1S/C12H12N4OS/c1-3-8-13-11(17)14-15-12-16(2)9-6-4-5-7-10(9)18-12/h1,4-7H,8H2,2H3,(H2,13,14,17). The predicted octanol–water partition coefficient (Wildman–Crippen LogP) is 0.988. The molecule has 5 nitrogen and oxygen atoms in total. The van der Waals surface area contributed by atoms with Crippen molar-refractivity contribution in [1.29, 1.82) is 0 Å². The number of aromatic nitrogens is 1. The van der Waals surface area contributed by atoms with Gasteiger partial charge in [0.2, 0.25) is 4.80 Å². The summed E-state index contributed by atoms with van der Waals surface area (Å²) in [5, 5.41) is 6.52. The Morgan fingerprint density at radius 3 is 3.06 bits per heavy atom. The molecule has 0 saturated heterocycles. The van der Waals surface area contributed by atoms with Crippen LogP contribution in [0.25, 0.3) is 10.2 Å². The number of benzene rings is 1. The molecule has 2 N–H and O–H groups in total. The second-order valence-electron chi connectivity index (χ2n) is 3.52. The Balaban J connectivity index is 2.23. The number of thiazole rings is 1. The van der Waals surface area contributed by atoms with Crippen LogP contribution < -0.4 is 15.5 Å². The topological polar surface area (TPSA) is 58.4 Å². The van der Waals surface area contributed by atoms with Crippen molar-refractivity contribution in [2.75, 3.05) is 6.54 Å². The number of terminal acetylenes is 1. The number of para-hydroxylation sites is 1. The van der Waals surface area contributed by atoms with Crippen molar-refractivity contribution in [2.45, 2.75) is 0 Å². The van der Waals surface area contributed by atoms with E-state index in [4.69, 9.17) is 6.42 Å². The number of amides is 2. The number of urea groups is 1. The van der Waals surface area contributed by atoms with Gasteiger partial charge < -0.3 is 9.88 Å². The van der Waals surface area contributed by atoms with Crippen LogP contribution in [0.15, 0.2) is 29.4 Å². The zero-order chi connectivity index (χ0) is 13.0. The summed E-state index contributed by atoms with van der Waals surface area (Å²) in [5.41, 5.74) is 3.48. The second-order valence-corrected chi connectivity index (χ2v) is 4.53. The maximum atomic E-state index is 11.3. The summed E-state index contributed by atoms with van der Waals surface area (Å²) in [4.78, 5) is 12.0. The molecule has 0 saturated carbocycles. The molecule has 1 aromatic carbocycles. The lowest BCUT2D eigenvalue weighted by Crippen LogP contribution is -2.34. The Labute approximate surface area is 108 Å². The van der Waals surface area contributed by atoms with E-state index in [1.165, 1.54) is 11.3 Å². The molecular weight excluding hydrogens is 248 g/mol. The number of hydrogen-bond acceptors (Lipinski definition) is 3. The van der Waals surface area contributed by atoms with Crippen LogP contribution in [-0.2, 0) is 7.05 Å². The third-order valence-electron chi connectivity index (χ3n) is 2.32. The maximum Gasteiger partial charge on any atom is 0.336 e. The first-order valence-corrected chi connectivity index (χ1v) is 6.09. The molecule has 18 heavy (non-hydrogen) atoms. The number of nitrogens with zero attached hydrogens (tertiary/aromatic N) is 2. The number of fused-ring (bicyclic) bond motifs is 1. The van der Waals surface area contributed by atoms with Gasteiger partial charge in [0.25, 0.3) is 0 Å². The van der Waals surface area contributed by atoms with Crippen molar-refractivity contribution in [3.63, 3.8) is 0 Å². The Morgan fingerprint density at radius 1 is 1.56 bits per heavy atom. The molecule has 0 aliphatic rings. The number of hydrogen-bond donors (Lipinski definition) is 2. The Morgan fingerprint density at radius 2 is 2.33 bits per heavy atom. The molecule has 1 aromatic heterocycles. The van der Waals surface area contributed by atoms with Crippen molar-refractivity contribution in [2.24, 2.45) is 12.1 Å². The molecule has 0 aliphatic heterocycles. The van der Waals surface area contributed by atoms with Gasteiger partial charge in [0.15, 0.2) is 0 Å². The minimum atomic E-state index is -0.412. The first-order valence-electron chi connectivity index (χ1n) is 5.28. The maximum absolute atomic E-state index is 11.3.